The van der Waals surface area contributed by atoms with Gasteiger partial charge in [0.2, 0.25) is 5.95 Å². The van der Waals surface area contributed by atoms with Crippen LogP contribution in [0.4, 0.5) is 5.95 Å². The second-order valence-electron chi connectivity index (χ2n) is 5.93. The predicted octanol–water partition coefficient (Wildman–Crippen LogP) is 4.26. The maximum Gasteiger partial charge on any atom is 0.223 e. The normalized spacial score (nSPS) is 22.9. The first-order valence-electron chi connectivity index (χ1n) is 7.81. The van der Waals surface area contributed by atoms with Crippen molar-refractivity contribution in [2.45, 2.75) is 39.0 Å². The van der Waals surface area contributed by atoms with Crippen molar-refractivity contribution >= 4 is 16.9 Å². The van der Waals surface area contributed by atoms with E-state index in [9.17, 15) is 0 Å². The summed E-state index contributed by atoms with van der Waals surface area (Å²) in [6.07, 6.45) is 8.72. The van der Waals surface area contributed by atoms with Crippen LogP contribution in [-0.4, -0.2) is 16.5 Å². The fraction of sp³-hybridized carbons (Fsp3) is 0.529. The van der Waals surface area contributed by atoms with E-state index in [0.717, 1.165) is 35.2 Å². The lowest BCUT2D eigenvalue weighted by molar-refractivity contribution is 0.278. The van der Waals surface area contributed by atoms with Gasteiger partial charge in [-0.25, -0.2) is 9.97 Å². The highest BCUT2D eigenvalue weighted by molar-refractivity contribution is 5.78. The van der Waals surface area contributed by atoms with Crippen molar-refractivity contribution in [1.82, 2.24) is 9.97 Å². The maximum absolute atomic E-state index is 4.57. The van der Waals surface area contributed by atoms with Gasteiger partial charge in [-0.3, -0.25) is 0 Å². The first-order valence-corrected chi connectivity index (χ1v) is 7.81. The highest BCUT2D eigenvalue weighted by Gasteiger charge is 2.19. The van der Waals surface area contributed by atoms with E-state index >= 15 is 0 Å². The summed E-state index contributed by atoms with van der Waals surface area (Å²) in [5.74, 6) is 2.51. The van der Waals surface area contributed by atoms with Gasteiger partial charge in [0, 0.05) is 18.1 Å². The summed E-state index contributed by atoms with van der Waals surface area (Å²) in [5.41, 5.74) is 1.01. The van der Waals surface area contributed by atoms with Gasteiger partial charge in [-0.05, 0) is 30.7 Å². The van der Waals surface area contributed by atoms with Gasteiger partial charge in [0.25, 0.3) is 0 Å². The maximum atomic E-state index is 4.57. The summed E-state index contributed by atoms with van der Waals surface area (Å²) in [4.78, 5) is 8.97. The second kappa shape index (κ2) is 6.21. The average Bonchev–Trinajstić information content (AvgIpc) is 2.53. The van der Waals surface area contributed by atoms with Gasteiger partial charge in [0.15, 0.2) is 0 Å². The lowest BCUT2D eigenvalue weighted by Crippen LogP contribution is -2.21. The van der Waals surface area contributed by atoms with Crippen LogP contribution >= 0.6 is 0 Å². The molecule has 0 aliphatic heterocycles. The molecule has 2 aromatic rings. The summed E-state index contributed by atoms with van der Waals surface area (Å²) in [5, 5.41) is 4.52. The first-order chi connectivity index (χ1) is 9.85. The van der Waals surface area contributed by atoms with Gasteiger partial charge in [0.1, 0.15) is 0 Å². The Bertz CT molecular complexity index is 559. The van der Waals surface area contributed by atoms with Crippen molar-refractivity contribution in [3.05, 3.63) is 30.5 Å². The molecule has 3 heteroatoms. The zero-order valence-corrected chi connectivity index (χ0v) is 12.2. The molecule has 1 aromatic carbocycles. The topological polar surface area (TPSA) is 37.8 Å². The van der Waals surface area contributed by atoms with Crippen LogP contribution in [0.5, 0.6) is 0 Å². The minimum Gasteiger partial charge on any atom is -0.354 e. The number of para-hydroxylation sites is 1. The molecule has 0 bridgehead atoms. The third-order valence-electron chi connectivity index (χ3n) is 4.58. The Kier molecular flexibility index (Phi) is 4.14. The molecule has 0 saturated heterocycles. The van der Waals surface area contributed by atoms with Gasteiger partial charge < -0.3 is 5.32 Å². The van der Waals surface area contributed by atoms with Crippen molar-refractivity contribution in [2.75, 3.05) is 11.9 Å². The van der Waals surface area contributed by atoms with Gasteiger partial charge in [0.05, 0.1) is 5.52 Å². The zero-order chi connectivity index (χ0) is 13.8. The number of hydrogen-bond donors (Lipinski definition) is 1. The molecule has 3 nitrogen and oxygen atoms in total. The molecule has 3 rings (SSSR count). The SMILES string of the molecule is CCC1CCC(CNc2ncc3ccccc3n2)CC1. The van der Waals surface area contributed by atoms with E-state index in [0.29, 0.717) is 0 Å². The van der Waals surface area contributed by atoms with Crippen molar-refractivity contribution in [1.29, 1.82) is 0 Å². The minimum atomic E-state index is 0.765. The molecule has 0 amide bonds. The van der Waals surface area contributed by atoms with E-state index in [1.807, 2.05) is 30.5 Å². The molecule has 106 valence electrons. The minimum absolute atomic E-state index is 0.765. The molecule has 1 fully saturated rings. The monoisotopic (exact) mass is 269 g/mol. The Hall–Kier alpha value is -1.64. The molecule has 0 spiro atoms. The Morgan fingerprint density at radius 3 is 2.65 bits per heavy atom. The molecular weight excluding hydrogens is 246 g/mol. The Labute approximate surface area is 120 Å². The van der Waals surface area contributed by atoms with Crippen LogP contribution in [0.25, 0.3) is 10.9 Å². The number of aromatic nitrogens is 2. The second-order valence-corrected chi connectivity index (χ2v) is 5.93. The summed E-state index contributed by atoms with van der Waals surface area (Å²) >= 11 is 0. The van der Waals surface area contributed by atoms with E-state index in [-0.39, 0.29) is 0 Å². The Morgan fingerprint density at radius 2 is 1.85 bits per heavy atom. The molecule has 1 saturated carbocycles. The number of hydrogen-bond acceptors (Lipinski definition) is 3. The van der Waals surface area contributed by atoms with Crippen molar-refractivity contribution in [3.63, 3.8) is 0 Å². The van der Waals surface area contributed by atoms with Gasteiger partial charge in [-0.2, -0.15) is 0 Å². The molecular formula is C17H23N3. The molecule has 0 unspecified atom stereocenters. The molecule has 1 aromatic heterocycles. The van der Waals surface area contributed by atoms with Gasteiger partial charge in [-0.1, -0.05) is 44.4 Å². The molecule has 0 radical (unpaired) electrons. The predicted molar refractivity (Wildman–Crippen MR) is 83.8 cm³/mol. The van der Waals surface area contributed by atoms with E-state index in [1.54, 1.807) is 0 Å². The van der Waals surface area contributed by atoms with Gasteiger partial charge in [-0.15, -0.1) is 0 Å². The molecule has 20 heavy (non-hydrogen) atoms. The molecule has 1 N–H and O–H groups in total. The van der Waals surface area contributed by atoms with Crippen LogP contribution in [-0.2, 0) is 0 Å². The van der Waals surface area contributed by atoms with Crippen molar-refractivity contribution < 1.29 is 0 Å². The van der Waals surface area contributed by atoms with Crippen LogP contribution in [0.3, 0.4) is 0 Å². The number of rotatable bonds is 4. The number of nitrogens with one attached hydrogen (secondary N) is 1. The molecule has 1 aliphatic rings. The van der Waals surface area contributed by atoms with Gasteiger partial charge >= 0.3 is 0 Å². The smallest absolute Gasteiger partial charge is 0.223 e. The molecule has 1 heterocycles. The van der Waals surface area contributed by atoms with Crippen LogP contribution in [0, 0.1) is 11.8 Å². The lowest BCUT2D eigenvalue weighted by Gasteiger charge is -2.27. The highest BCUT2D eigenvalue weighted by Crippen LogP contribution is 2.30. The fourth-order valence-electron chi connectivity index (χ4n) is 3.14. The fourth-order valence-corrected chi connectivity index (χ4v) is 3.14. The summed E-state index contributed by atoms with van der Waals surface area (Å²) in [7, 11) is 0. The van der Waals surface area contributed by atoms with E-state index < -0.39 is 0 Å². The molecule has 0 atom stereocenters. The Balaban J connectivity index is 1.57. The number of nitrogens with zero attached hydrogens (tertiary/aromatic N) is 2. The first kappa shape index (κ1) is 13.3. The summed E-state index contributed by atoms with van der Waals surface area (Å²) in [6, 6.07) is 8.12. The third kappa shape index (κ3) is 3.09. The van der Waals surface area contributed by atoms with Crippen LogP contribution in [0.2, 0.25) is 0 Å². The quantitative estimate of drug-likeness (QED) is 0.901. The molecule has 1 aliphatic carbocycles. The van der Waals surface area contributed by atoms with E-state index in [2.05, 4.69) is 22.2 Å². The number of anilines is 1. The van der Waals surface area contributed by atoms with Crippen molar-refractivity contribution in [2.24, 2.45) is 11.8 Å². The third-order valence-corrected chi connectivity index (χ3v) is 4.58. The summed E-state index contributed by atoms with van der Waals surface area (Å²) in [6.45, 7) is 3.32. The summed E-state index contributed by atoms with van der Waals surface area (Å²) < 4.78 is 0. The number of benzene rings is 1. The lowest BCUT2D eigenvalue weighted by atomic mass is 9.81. The van der Waals surface area contributed by atoms with Crippen LogP contribution < -0.4 is 5.32 Å². The number of fused-ring (bicyclic) bond motifs is 1. The van der Waals surface area contributed by atoms with Crippen LogP contribution in [0.1, 0.15) is 39.0 Å². The highest BCUT2D eigenvalue weighted by atomic mass is 15.1. The Morgan fingerprint density at radius 1 is 1.10 bits per heavy atom. The standard InChI is InChI=1S/C17H23N3/c1-2-13-7-9-14(10-8-13)11-18-17-19-12-15-5-3-4-6-16(15)20-17/h3-6,12-14H,2,7-11H2,1H3,(H,18,19,20). The average molecular weight is 269 g/mol. The van der Waals surface area contributed by atoms with Crippen molar-refractivity contribution in [3.8, 4) is 0 Å². The van der Waals surface area contributed by atoms with E-state index in [4.69, 9.17) is 0 Å². The zero-order valence-electron chi connectivity index (χ0n) is 12.2. The van der Waals surface area contributed by atoms with Crippen LogP contribution in [0.15, 0.2) is 30.5 Å². The largest absolute Gasteiger partial charge is 0.354 e. The van der Waals surface area contributed by atoms with E-state index in [1.165, 1.54) is 32.1 Å².